The summed E-state index contributed by atoms with van der Waals surface area (Å²) in [5, 5.41) is 18.3. The number of amides is 1. The van der Waals surface area contributed by atoms with Gasteiger partial charge < -0.3 is 14.5 Å². The monoisotopic (exact) mass is 334 g/mol. The number of rotatable bonds is 3. The number of hydrogen-bond acceptors (Lipinski definition) is 5. The zero-order valence-electron chi connectivity index (χ0n) is 13.4. The summed E-state index contributed by atoms with van der Waals surface area (Å²) in [6.45, 7) is 1.94. The number of aromatic hydroxyl groups is 1. The molecule has 0 radical (unpaired) electrons. The Morgan fingerprint density at radius 1 is 1.28 bits per heavy atom. The van der Waals surface area contributed by atoms with E-state index < -0.39 is 5.91 Å². The predicted molar refractivity (Wildman–Crippen MR) is 92.2 cm³/mol. The third-order valence-electron chi connectivity index (χ3n) is 3.88. The minimum atomic E-state index is -0.521. The summed E-state index contributed by atoms with van der Waals surface area (Å²) >= 11 is 0. The van der Waals surface area contributed by atoms with E-state index in [4.69, 9.17) is 4.42 Å². The molecule has 2 aromatic carbocycles. The Hall–Kier alpha value is -3.48. The highest BCUT2D eigenvalue weighted by molar-refractivity contribution is 5.98. The highest BCUT2D eigenvalue weighted by atomic mass is 16.3. The lowest BCUT2D eigenvalue weighted by Gasteiger charge is -1.94. The first-order valence-electron chi connectivity index (χ1n) is 7.81. The van der Waals surface area contributed by atoms with Crippen LogP contribution in [0.15, 0.2) is 57.1 Å². The second-order valence-electron chi connectivity index (χ2n) is 5.52. The molecule has 4 rings (SSSR count). The number of aryl methyl sites for hydroxylation is 1. The highest BCUT2D eigenvalue weighted by Crippen LogP contribution is 2.35. The van der Waals surface area contributed by atoms with E-state index in [0.29, 0.717) is 34.4 Å². The minimum Gasteiger partial charge on any atom is -0.493 e. The number of carbonyl (C=O) groups excluding carboxylic acids is 1. The van der Waals surface area contributed by atoms with Gasteiger partial charge in [0, 0.05) is 17.4 Å². The van der Waals surface area contributed by atoms with Crippen LogP contribution in [0.5, 0.6) is 5.88 Å². The van der Waals surface area contributed by atoms with E-state index >= 15 is 0 Å². The van der Waals surface area contributed by atoms with Crippen LogP contribution in [0, 0.1) is 0 Å². The molecule has 4 aromatic rings. The number of nitrogens with zero attached hydrogens (tertiary/aromatic N) is 3. The molecule has 124 valence electrons. The van der Waals surface area contributed by atoms with Gasteiger partial charge in [-0.2, -0.15) is 0 Å². The zero-order valence-corrected chi connectivity index (χ0v) is 13.4. The molecule has 0 atom stereocenters. The summed E-state index contributed by atoms with van der Waals surface area (Å²) < 4.78 is 5.52. The topological polar surface area (TPSA) is 104 Å². The molecule has 7 heteroatoms. The Morgan fingerprint density at radius 3 is 2.96 bits per heavy atom. The third-order valence-corrected chi connectivity index (χ3v) is 3.88. The molecule has 2 heterocycles. The van der Waals surface area contributed by atoms with Crippen molar-refractivity contribution >= 4 is 33.6 Å². The van der Waals surface area contributed by atoms with E-state index in [2.05, 4.69) is 20.2 Å². The van der Waals surface area contributed by atoms with Crippen molar-refractivity contribution in [3.05, 3.63) is 53.9 Å². The van der Waals surface area contributed by atoms with Gasteiger partial charge in [-0.25, -0.2) is 4.98 Å². The van der Waals surface area contributed by atoms with Gasteiger partial charge in [-0.1, -0.05) is 25.1 Å². The first-order valence-corrected chi connectivity index (χ1v) is 7.81. The molecule has 0 saturated heterocycles. The van der Waals surface area contributed by atoms with Crippen LogP contribution in [0.3, 0.4) is 0 Å². The van der Waals surface area contributed by atoms with E-state index in [9.17, 15) is 9.90 Å². The molecule has 0 aliphatic carbocycles. The third kappa shape index (κ3) is 2.65. The number of para-hydroxylation sites is 1. The number of aromatic amines is 1. The van der Waals surface area contributed by atoms with Crippen molar-refractivity contribution in [2.24, 2.45) is 10.2 Å². The van der Waals surface area contributed by atoms with E-state index in [0.717, 1.165) is 5.52 Å². The summed E-state index contributed by atoms with van der Waals surface area (Å²) in [7, 11) is 0. The van der Waals surface area contributed by atoms with Crippen LogP contribution >= 0.6 is 0 Å². The van der Waals surface area contributed by atoms with Crippen molar-refractivity contribution in [1.82, 2.24) is 9.97 Å². The zero-order chi connectivity index (χ0) is 17.4. The number of azo groups is 1. The number of H-pyrrole nitrogens is 1. The number of fused-ring (bicyclic) bond motifs is 2. The molecule has 1 amide bonds. The number of oxazole rings is 1. The lowest BCUT2D eigenvalue weighted by atomic mass is 10.2. The van der Waals surface area contributed by atoms with E-state index in [1.165, 1.54) is 0 Å². The summed E-state index contributed by atoms with van der Waals surface area (Å²) in [5.74, 6) is -0.0325. The SMILES string of the molecule is CCc1nc2cc(C(=O)N=Nc3c(O)[nH]c4ccccc34)ccc2o1. The quantitative estimate of drug-likeness (QED) is 0.538. The average Bonchev–Trinajstić information content (AvgIpc) is 3.18. The van der Waals surface area contributed by atoms with Crippen LogP contribution in [-0.4, -0.2) is 21.0 Å². The molecule has 2 N–H and O–H groups in total. The molecule has 0 unspecified atom stereocenters. The van der Waals surface area contributed by atoms with Crippen LogP contribution in [0.2, 0.25) is 0 Å². The Labute approximate surface area is 142 Å². The molecule has 0 aliphatic rings. The van der Waals surface area contributed by atoms with E-state index in [-0.39, 0.29) is 11.6 Å². The summed E-state index contributed by atoms with van der Waals surface area (Å²) in [6, 6.07) is 12.2. The number of hydrogen-bond donors (Lipinski definition) is 2. The standard InChI is InChI=1S/C18H14N4O3/c1-2-15-19-13-9-10(7-8-14(13)25-15)17(23)22-21-16-11-5-3-4-6-12(11)20-18(16)24/h3-9,20,24H,2H2,1H3. The number of nitrogens with one attached hydrogen (secondary N) is 1. The van der Waals surface area contributed by atoms with E-state index in [1.54, 1.807) is 30.3 Å². The van der Waals surface area contributed by atoms with Crippen LogP contribution in [0.25, 0.3) is 22.0 Å². The maximum Gasteiger partial charge on any atom is 0.295 e. The second-order valence-corrected chi connectivity index (χ2v) is 5.52. The fourth-order valence-corrected chi connectivity index (χ4v) is 2.63. The molecule has 0 bridgehead atoms. The summed E-state index contributed by atoms with van der Waals surface area (Å²) in [6.07, 6.45) is 0.678. The van der Waals surface area contributed by atoms with Crippen LogP contribution in [0.4, 0.5) is 5.69 Å². The van der Waals surface area contributed by atoms with Gasteiger partial charge in [0.15, 0.2) is 17.2 Å². The molecule has 7 nitrogen and oxygen atoms in total. The molecule has 0 fully saturated rings. The first-order chi connectivity index (χ1) is 12.2. The summed E-state index contributed by atoms with van der Waals surface area (Å²) in [4.78, 5) is 19.4. The summed E-state index contributed by atoms with van der Waals surface area (Å²) in [5.41, 5.74) is 2.54. The number of carbonyl (C=O) groups is 1. The largest absolute Gasteiger partial charge is 0.493 e. The van der Waals surface area contributed by atoms with Gasteiger partial charge in [-0.15, -0.1) is 10.2 Å². The van der Waals surface area contributed by atoms with Crippen LogP contribution in [0.1, 0.15) is 23.2 Å². The average molecular weight is 334 g/mol. The molecule has 0 saturated carbocycles. The number of benzene rings is 2. The number of aromatic nitrogens is 2. The van der Waals surface area contributed by atoms with Gasteiger partial charge in [0.2, 0.25) is 5.88 Å². The van der Waals surface area contributed by atoms with Gasteiger partial charge >= 0.3 is 0 Å². The van der Waals surface area contributed by atoms with Gasteiger partial charge in [0.05, 0.1) is 5.52 Å². The maximum atomic E-state index is 12.3. The lowest BCUT2D eigenvalue weighted by Crippen LogP contribution is -1.93. The van der Waals surface area contributed by atoms with Crippen molar-refractivity contribution in [2.45, 2.75) is 13.3 Å². The Morgan fingerprint density at radius 2 is 2.12 bits per heavy atom. The van der Waals surface area contributed by atoms with Crippen molar-refractivity contribution < 1.29 is 14.3 Å². The fourth-order valence-electron chi connectivity index (χ4n) is 2.63. The van der Waals surface area contributed by atoms with Crippen LogP contribution < -0.4 is 0 Å². The van der Waals surface area contributed by atoms with Gasteiger partial charge in [0.25, 0.3) is 5.91 Å². The van der Waals surface area contributed by atoms with Crippen molar-refractivity contribution in [3.63, 3.8) is 0 Å². The Bertz CT molecular complexity index is 1120. The highest BCUT2D eigenvalue weighted by Gasteiger charge is 2.12. The Balaban J connectivity index is 1.66. The van der Waals surface area contributed by atoms with Gasteiger partial charge in [0.1, 0.15) is 5.52 Å². The maximum absolute atomic E-state index is 12.3. The van der Waals surface area contributed by atoms with Crippen LogP contribution in [-0.2, 0) is 6.42 Å². The van der Waals surface area contributed by atoms with E-state index in [1.807, 2.05) is 19.1 Å². The molecule has 2 aromatic heterocycles. The molecule has 0 aliphatic heterocycles. The first kappa shape index (κ1) is 15.1. The predicted octanol–water partition coefficient (Wildman–Crippen LogP) is 4.50. The smallest absolute Gasteiger partial charge is 0.295 e. The van der Waals surface area contributed by atoms with Gasteiger partial charge in [-0.3, -0.25) is 4.79 Å². The normalized spacial score (nSPS) is 11.7. The van der Waals surface area contributed by atoms with Crippen molar-refractivity contribution in [2.75, 3.05) is 0 Å². The molecule has 25 heavy (non-hydrogen) atoms. The molecular weight excluding hydrogens is 320 g/mol. The van der Waals surface area contributed by atoms with Crippen molar-refractivity contribution in [1.29, 1.82) is 0 Å². The Kier molecular flexibility index (Phi) is 3.53. The fraction of sp³-hybridized carbons (Fsp3) is 0.111. The molecular formula is C18H14N4O3. The minimum absolute atomic E-state index is 0.128. The second kappa shape index (κ2) is 5.86. The van der Waals surface area contributed by atoms with Gasteiger partial charge in [-0.05, 0) is 24.3 Å². The van der Waals surface area contributed by atoms with Crippen molar-refractivity contribution in [3.8, 4) is 5.88 Å². The lowest BCUT2D eigenvalue weighted by molar-refractivity contribution is 0.0995. The molecule has 0 spiro atoms.